The van der Waals surface area contributed by atoms with E-state index in [0.29, 0.717) is 52.3 Å². The fraction of sp³-hybridized carbons (Fsp3) is 0.700. The van der Waals surface area contributed by atoms with Crippen LogP contribution in [0.15, 0.2) is 18.2 Å². The molecule has 3 atom stereocenters. The Morgan fingerprint density at radius 1 is 1.12 bits per heavy atom. The number of carboxylic acid groups (broad SMARTS) is 1. The summed E-state index contributed by atoms with van der Waals surface area (Å²) in [6.45, 7) is 7.58. The summed E-state index contributed by atoms with van der Waals surface area (Å²) in [5, 5.41) is 10.5. The molecule has 40 heavy (non-hydrogen) atoms. The number of carbonyl (C=O) groups is 3. The number of carbonyl (C=O) groups excluding carboxylic acids is 2. The van der Waals surface area contributed by atoms with Crippen molar-refractivity contribution >= 4 is 17.9 Å². The van der Waals surface area contributed by atoms with Crippen LogP contribution in [0.2, 0.25) is 0 Å². The van der Waals surface area contributed by atoms with E-state index in [1.165, 1.54) is 0 Å². The number of rotatable bonds is 14. The van der Waals surface area contributed by atoms with Gasteiger partial charge in [0.2, 0.25) is 5.91 Å². The Kier molecular flexibility index (Phi) is 10.3. The fourth-order valence-electron chi connectivity index (χ4n) is 6.39. The number of likely N-dealkylation sites (N-methyl/N-ethyl adjacent to an activating group) is 1. The van der Waals surface area contributed by atoms with Crippen LogP contribution in [0, 0.1) is 5.92 Å². The van der Waals surface area contributed by atoms with Crippen molar-refractivity contribution in [2.75, 3.05) is 80.1 Å². The number of nitrogens with zero attached hydrogens (tertiary/aromatic N) is 5. The highest BCUT2D eigenvalue weighted by Gasteiger charge is 2.47. The standard InChI is InChI=1S/C30H47N5O5/c1-5-6-13-33(14-7-12-31(2)3)27(36)21-35-20-24(22-8-9-26-23(19-22)11-18-40-26)28(29(37)38)25(35)10-15-34-17-16-32(4)30(34)39/h8-9,19,24-25,28H,5-7,10-18,20-21H2,1-4H3,(H,37,38)/t24-,25+,28?/m1/s1. The van der Waals surface area contributed by atoms with Crippen molar-refractivity contribution < 1.29 is 24.2 Å². The van der Waals surface area contributed by atoms with Gasteiger partial charge in [-0.2, -0.15) is 0 Å². The van der Waals surface area contributed by atoms with Crippen LogP contribution in [-0.4, -0.2) is 134 Å². The molecule has 3 aliphatic rings. The molecule has 1 aromatic carbocycles. The van der Waals surface area contributed by atoms with E-state index in [0.717, 1.165) is 49.1 Å². The van der Waals surface area contributed by atoms with Crippen LogP contribution in [0.1, 0.15) is 49.7 Å². The van der Waals surface area contributed by atoms with Crippen LogP contribution < -0.4 is 4.74 Å². The minimum Gasteiger partial charge on any atom is -0.493 e. The van der Waals surface area contributed by atoms with Gasteiger partial charge in [0.1, 0.15) is 5.75 Å². The molecule has 10 heteroatoms. The normalized spacial score (nSPS) is 22.7. The molecule has 0 aromatic heterocycles. The topological polar surface area (TPSA) is 96.9 Å². The lowest BCUT2D eigenvalue weighted by Gasteiger charge is -2.31. The second-order valence-electron chi connectivity index (χ2n) is 11.8. The van der Waals surface area contributed by atoms with E-state index >= 15 is 0 Å². The number of amides is 3. The molecule has 1 unspecified atom stereocenters. The predicted molar refractivity (Wildman–Crippen MR) is 154 cm³/mol. The molecular weight excluding hydrogens is 510 g/mol. The predicted octanol–water partition coefficient (Wildman–Crippen LogP) is 2.43. The van der Waals surface area contributed by atoms with Crippen LogP contribution in [0.5, 0.6) is 5.75 Å². The first kappa shape index (κ1) is 30.1. The lowest BCUT2D eigenvalue weighted by Crippen LogP contribution is -2.46. The van der Waals surface area contributed by atoms with Crippen molar-refractivity contribution in [2.24, 2.45) is 5.92 Å². The summed E-state index contributed by atoms with van der Waals surface area (Å²) in [6.07, 6.45) is 4.19. The highest BCUT2D eigenvalue weighted by molar-refractivity contribution is 5.79. The van der Waals surface area contributed by atoms with Crippen LogP contribution in [0.3, 0.4) is 0 Å². The van der Waals surface area contributed by atoms with Crippen LogP contribution in [0.25, 0.3) is 0 Å². The van der Waals surface area contributed by atoms with Crippen LogP contribution >= 0.6 is 0 Å². The number of hydrogen-bond donors (Lipinski definition) is 1. The molecule has 0 aliphatic carbocycles. The number of urea groups is 1. The maximum absolute atomic E-state index is 13.7. The van der Waals surface area contributed by atoms with Gasteiger partial charge in [0.05, 0.1) is 19.1 Å². The van der Waals surface area contributed by atoms with E-state index < -0.39 is 11.9 Å². The van der Waals surface area contributed by atoms with Gasteiger partial charge in [0.15, 0.2) is 0 Å². The van der Waals surface area contributed by atoms with Gasteiger partial charge in [-0.05, 0) is 57.1 Å². The summed E-state index contributed by atoms with van der Waals surface area (Å²) in [5.74, 6) is -0.822. The third kappa shape index (κ3) is 7.07. The van der Waals surface area contributed by atoms with E-state index in [-0.39, 0.29) is 30.4 Å². The summed E-state index contributed by atoms with van der Waals surface area (Å²) >= 11 is 0. The largest absolute Gasteiger partial charge is 0.493 e. The second-order valence-corrected chi connectivity index (χ2v) is 11.8. The molecule has 222 valence electrons. The Morgan fingerprint density at radius 3 is 2.58 bits per heavy atom. The maximum atomic E-state index is 13.7. The number of benzene rings is 1. The van der Waals surface area contributed by atoms with E-state index in [1.807, 2.05) is 31.1 Å². The average Bonchev–Trinajstić information content (AvgIpc) is 3.62. The average molecular weight is 558 g/mol. The van der Waals surface area contributed by atoms with Gasteiger partial charge in [-0.25, -0.2) is 4.79 Å². The molecule has 2 saturated heterocycles. The first-order valence-corrected chi connectivity index (χ1v) is 14.8. The molecule has 10 nitrogen and oxygen atoms in total. The van der Waals surface area contributed by atoms with Gasteiger partial charge in [-0.3, -0.25) is 14.5 Å². The molecule has 1 aromatic rings. The highest BCUT2D eigenvalue weighted by Crippen LogP contribution is 2.41. The number of fused-ring (bicyclic) bond motifs is 1. The quantitative estimate of drug-likeness (QED) is 0.375. The van der Waals surface area contributed by atoms with E-state index in [9.17, 15) is 19.5 Å². The Morgan fingerprint density at radius 2 is 1.90 bits per heavy atom. The first-order chi connectivity index (χ1) is 19.2. The lowest BCUT2D eigenvalue weighted by molar-refractivity contribution is -0.144. The maximum Gasteiger partial charge on any atom is 0.319 e. The Bertz CT molecular complexity index is 1050. The summed E-state index contributed by atoms with van der Waals surface area (Å²) in [6, 6.07) is 5.67. The highest BCUT2D eigenvalue weighted by atomic mass is 16.5. The van der Waals surface area contributed by atoms with Gasteiger partial charge in [0, 0.05) is 64.7 Å². The first-order valence-electron chi connectivity index (χ1n) is 14.8. The van der Waals surface area contributed by atoms with Crippen molar-refractivity contribution in [3.8, 4) is 5.75 Å². The zero-order chi connectivity index (χ0) is 28.8. The number of hydrogen-bond acceptors (Lipinski definition) is 6. The Balaban J connectivity index is 1.55. The summed E-state index contributed by atoms with van der Waals surface area (Å²) in [4.78, 5) is 48.7. The number of likely N-dealkylation sites (tertiary alicyclic amines) is 1. The molecule has 0 saturated carbocycles. The zero-order valence-electron chi connectivity index (χ0n) is 24.7. The zero-order valence-corrected chi connectivity index (χ0v) is 24.7. The molecule has 0 bridgehead atoms. The molecule has 0 spiro atoms. The van der Waals surface area contributed by atoms with Crippen molar-refractivity contribution in [1.29, 1.82) is 0 Å². The van der Waals surface area contributed by atoms with Gasteiger partial charge < -0.3 is 29.4 Å². The summed E-state index contributed by atoms with van der Waals surface area (Å²) < 4.78 is 5.68. The Hall–Kier alpha value is -2.85. The molecular formula is C30H47N5O5. The molecule has 0 radical (unpaired) electrons. The number of unbranched alkanes of at least 4 members (excludes halogenated alkanes) is 1. The van der Waals surface area contributed by atoms with Crippen molar-refractivity contribution in [2.45, 2.75) is 51.0 Å². The molecule has 2 fully saturated rings. The van der Waals surface area contributed by atoms with Gasteiger partial charge in [-0.1, -0.05) is 25.5 Å². The number of ether oxygens (including phenoxy) is 1. The monoisotopic (exact) mass is 557 g/mol. The molecule has 3 heterocycles. The lowest BCUT2D eigenvalue weighted by atomic mass is 9.83. The van der Waals surface area contributed by atoms with E-state index in [1.54, 1.807) is 16.8 Å². The van der Waals surface area contributed by atoms with Crippen LogP contribution in [0.4, 0.5) is 4.79 Å². The third-order valence-electron chi connectivity index (χ3n) is 8.68. The number of carboxylic acids is 1. The molecule has 3 aliphatic heterocycles. The van der Waals surface area contributed by atoms with Crippen molar-refractivity contribution in [3.05, 3.63) is 29.3 Å². The second kappa shape index (κ2) is 13.7. The van der Waals surface area contributed by atoms with Crippen molar-refractivity contribution in [3.63, 3.8) is 0 Å². The minimum absolute atomic E-state index is 0.0192. The SMILES string of the molecule is CCCCN(CCCN(C)C)C(=O)CN1C[C@H](c2ccc3c(c2)CCO3)C(C(=O)O)[C@@H]1CCN1CCN(C)C1=O. The molecule has 3 amide bonds. The van der Waals surface area contributed by atoms with Gasteiger partial charge >= 0.3 is 12.0 Å². The van der Waals surface area contributed by atoms with E-state index in [4.69, 9.17) is 4.74 Å². The molecule has 4 rings (SSSR count). The van der Waals surface area contributed by atoms with Gasteiger partial charge in [0.25, 0.3) is 0 Å². The third-order valence-corrected chi connectivity index (χ3v) is 8.68. The smallest absolute Gasteiger partial charge is 0.319 e. The summed E-state index contributed by atoms with van der Waals surface area (Å²) in [5.41, 5.74) is 2.10. The fourth-order valence-corrected chi connectivity index (χ4v) is 6.39. The van der Waals surface area contributed by atoms with Crippen LogP contribution in [-0.2, 0) is 16.0 Å². The van der Waals surface area contributed by atoms with Crippen molar-refractivity contribution in [1.82, 2.24) is 24.5 Å². The molecule has 1 N–H and O–H groups in total. The summed E-state index contributed by atoms with van der Waals surface area (Å²) in [7, 11) is 5.86. The number of aliphatic carboxylic acids is 1. The van der Waals surface area contributed by atoms with Gasteiger partial charge in [-0.15, -0.1) is 0 Å². The van der Waals surface area contributed by atoms with E-state index in [2.05, 4.69) is 22.8 Å². The Labute approximate surface area is 238 Å². The minimum atomic E-state index is -0.847.